The maximum absolute atomic E-state index is 2.57. The summed E-state index contributed by atoms with van der Waals surface area (Å²) in [5.41, 5.74) is 16.6. The second-order valence-corrected chi connectivity index (χ2v) is 14.6. The van der Waals surface area contributed by atoms with Crippen molar-refractivity contribution >= 4 is 55.7 Å². The predicted octanol–water partition coefficient (Wildman–Crippen LogP) is 15.4. The molecule has 0 aromatic heterocycles. The number of rotatable bonds is 12. The Hall–Kier alpha value is -6.12. The maximum Gasteiger partial charge on any atom is 0.0506 e. The molecule has 0 N–H and O–H groups in total. The number of anilines is 6. The Morgan fingerprint density at radius 1 is 0.339 bits per heavy atom. The molecular weight excluding hydrogens is 677 g/mol. The highest BCUT2D eigenvalue weighted by Gasteiger charge is 2.26. The highest BCUT2D eigenvalue weighted by atomic mass is 15.2. The third kappa shape index (κ3) is 6.64. The fourth-order valence-electron chi connectivity index (χ4n) is 8.78. The quantitative estimate of drug-likeness (QED) is 0.124. The summed E-state index contributed by atoms with van der Waals surface area (Å²) in [6, 6.07) is 61.1. The van der Waals surface area contributed by atoms with E-state index in [1.165, 1.54) is 94.6 Å². The highest BCUT2D eigenvalue weighted by Crippen LogP contribution is 2.49. The number of aryl methyl sites for hydroxylation is 4. The van der Waals surface area contributed by atoms with E-state index in [1.54, 1.807) is 0 Å². The molecule has 0 radical (unpaired) electrons. The maximum atomic E-state index is 2.57. The second kappa shape index (κ2) is 16.3. The molecular formula is C54H52N2. The molecule has 0 saturated heterocycles. The van der Waals surface area contributed by atoms with E-state index in [0.717, 1.165) is 32.1 Å². The summed E-state index contributed by atoms with van der Waals surface area (Å²) in [5.74, 6) is 0. The minimum atomic E-state index is 0.869. The van der Waals surface area contributed by atoms with E-state index < -0.39 is 0 Å². The van der Waals surface area contributed by atoms with Crippen LogP contribution in [0.2, 0.25) is 0 Å². The number of hydrogen-bond donors (Lipinski definition) is 0. The molecule has 0 saturated carbocycles. The molecule has 0 aliphatic rings. The SMILES string of the molecule is CCc1ccccc1N(c1cc(-c2c(CC)c(N(c3ccccc3CC)c3ccccc3CC)cc3ccccc23)c2ccccc2c1)c1ccccc1CC. The van der Waals surface area contributed by atoms with Gasteiger partial charge in [0.15, 0.2) is 0 Å². The summed E-state index contributed by atoms with van der Waals surface area (Å²) < 4.78 is 0. The molecule has 0 unspecified atom stereocenters. The Morgan fingerprint density at radius 2 is 0.732 bits per heavy atom. The molecule has 8 aromatic rings. The first-order chi connectivity index (χ1) is 27.6. The average molecular weight is 729 g/mol. The van der Waals surface area contributed by atoms with Crippen molar-refractivity contribution < 1.29 is 0 Å². The lowest BCUT2D eigenvalue weighted by molar-refractivity contribution is 1.07. The summed E-state index contributed by atoms with van der Waals surface area (Å²) >= 11 is 0. The third-order valence-corrected chi connectivity index (χ3v) is 11.6. The Bertz CT molecular complexity index is 2560. The molecule has 0 aliphatic carbocycles. The van der Waals surface area contributed by atoms with Crippen LogP contribution in [0.25, 0.3) is 32.7 Å². The van der Waals surface area contributed by atoms with E-state index in [4.69, 9.17) is 0 Å². The van der Waals surface area contributed by atoms with E-state index in [-0.39, 0.29) is 0 Å². The van der Waals surface area contributed by atoms with E-state index >= 15 is 0 Å². The molecule has 0 amide bonds. The van der Waals surface area contributed by atoms with Crippen LogP contribution in [0.3, 0.4) is 0 Å². The Kier molecular flexibility index (Phi) is 10.7. The van der Waals surface area contributed by atoms with Gasteiger partial charge in [-0.3, -0.25) is 0 Å². The van der Waals surface area contributed by atoms with Crippen LogP contribution in [0, 0.1) is 0 Å². The summed E-state index contributed by atoms with van der Waals surface area (Å²) in [6.07, 6.45) is 4.66. The monoisotopic (exact) mass is 728 g/mol. The second-order valence-electron chi connectivity index (χ2n) is 14.6. The summed E-state index contributed by atoms with van der Waals surface area (Å²) in [4.78, 5) is 5.09. The van der Waals surface area contributed by atoms with Gasteiger partial charge in [0.05, 0.1) is 5.69 Å². The zero-order valence-corrected chi connectivity index (χ0v) is 33.5. The van der Waals surface area contributed by atoms with Gasteiger partial charge in [0, 0.05) is 28.4 Å². The number of nitrogens with zero attached hydrogens (tertiary/aromatic N) is 2. The van der Waals surface area contributed by atoms with Crippen LogP contribution in [0.1, 0.15) is 62.4 Å². The van der Waals surface area contributed by atoms with Gasteiger partial charge in [0.2, 0.25) is 0 Å². The van der Waals surface area contributed by atoms with Crippen LogP contribution in [-0.2, 0) is 32.1 Å². The number of benzene rings is 8. The zero-order valence-electron chi connectivity index (χ0n) is 33.5. The van der Waals surface area contributed by atoms with Crippen LogP contribution in [-0.4, -0.2) is 0 Å². The van der Waals surface area contributed by atoms with E-state index in [2.05, 4.69) is 208 Å². The van der Waals surface area contributed by atoms with Gasteiger partial charge in [-0.15, -0.1) is 0 Å². The smallest absolute Gasteiger partial charge is 0.0506 e. The minimum absolute atomic E-state index is 0.869. The van der Waals surface area contributed by atoms with Crippen LogP contribution < -0.4 is 9.80 Å². The molecule has 8 rings (SSSR count). The number of hydrogen-bond acceptors (Lipinski definition) is 2. The molecule has 0 bridgehead atoms. The normalized spacial score (nSPS) is 11.3. The fraction of sp³-hybridized carbons (Fsp3) is 0.185. The molecule has 0 heterocycles. The van der Waals surface area contributed by atoms with Crippen LogP contribution in [0.15, 0.2) is 164 Å². The van der Waals surface area contributed by atoms with Gasteiger partial charge < -0.3 is 9.80 Å². The van der Waals surface area contributed by atoms with Gasteiger partial charge >= 0.3 is 0 Å². The third-order valence-electron chi connectivity index (χ3n) is 11.6. The van der Waals surface area contributed by atoms with Gasteiger partial charge in [-0.1, -0.05) is 156 Å². The van der Waals surface area contributed by atoms with Crippen molar-refractivity contribution in [3.05, 3.63) is 192 Å². The molecule has 56 heavy (non-hydrogen) atoms. The molecule has 0 atom stereocenters. The van der Waals surface area contributed by atoms with Crippen LogP contribution in [0.4, 0.5) is 34.1 Å². The molecule has 0 spiro atoms. The standard InChI is InChI=1S/C54H52N2/c1-6-38-23-13-19-31-49(38)55(50-32-20-14-24-39(50)7-2)44-35-42-27-11-17-29-46(42)48(37-44)54-45(10-5)53(36-43-28-12-18-30-47(43)54)56(51-33-21-15-25-40(51)8-3)52-34-22-16-26-41(52)9-4/h11-37H,6-10H2,1-5H3. The van der Waals surface area contributed by atoms with Crippen molar-refractivity contribution in [1.82, 2.24) is 0 Å². The van der Waals surface area contributed by atoms with E-state index in [9.17, 15) is 0 Å². The lowest BCUT2D eigenvalue weighted by Crippen LogP contribution is -2.16. The minimum Gasteiger partial charge on any atom is -0.310 e. The molecule has 8 aromatic carbocycles. The number of fused-ring (bicyclic) bond motifs is 2. The predicted molar refractivity (Wildman–Crippen MR) is 243 cm³/mol. The number of para-hydroxylation sites is 4. The molecule has 2 heteroatoms. The van der Waals surface area contributed by atoms with Crippen molar-refractivity contribution in [2.45, 2.75) is 66.7 Å². The summed E-state index contributed by atoms with van der Waals surface area (Å²) in [6.45, 7) is 11.4. The van der Waals surface area contributed by atoms with Crippen LogP contribution >= 0.6 is 0 Å². The van der Waals surface area contributed by atoms with E-state index in [1.807, 2.05) is 0 Å². The first-order valence-corrected chi connectivity index (χ1v) is 20.6. The lowest BCUT2D eigenvalue weighted by Gasteiger charge is -2.33. The molecule has 278 valence electrons. The first-order valence-electron chi connectivity index (χ1n) is 20.6. The van der Waals surface area contributed by atoms with Crippen molar-refractivity contribution in [2.75, 3.05) is 9.80 Å². The first kappa shape index (κ1) is 36.8. The Labute approximate surface area is 333 Å². The molecule has 0 aliphatic heterocycles. The molecule has 0 fully saturated rings. The van der Waals surface area contributed by atoms with Gasteiger partial charge in [0.1, 0.15) is 0 Å². The van der Waals surface area contributed by atoms with Crippen molar-refractivity contribution in [3.63, 3.8) is 0 Å². The highest BCUT2D eigenvalue weighted by molar-refractivity contribution is 6.11. The zero-order chi connectivity index (χ0) is 38.6. The van der Waals surface area contributed by atoms with Gasteiger partial charge in [0.25, 0.3) is 0 Å². The van der Waals surface area contributed by atoms with Crippen LogP contribution in [0.5, 0.6) is 0 Å². The lowest BCUT2D eigenvalue weighted by atomic mass is 9.86. The summed E-state index contributed by atoms with van der Waals surface area (Å²) in [5, 5.41) is 5.00. The summed E-state index contributed by atoms with van der Waals surface area (Å²) in [7, 11) is 0. The van der Waals surface area contributed by atoms with Crippen molar-refractivity contribution in [3.8, 4) is 11.1 Å². The fourth-order valence-corrected chi connectivity index (χ4v) is 8.78. The topological polar surface area (TPSA) is 6.48 Å². The Morgan fingerprint density at radius 3 is 1.20 bits per heavy atom. The molecule has 2 nitrogen and oxygen atoms in total. The van der Waals surface area contributed by atoms with Gasteiger partial charge in [-0.2, -0.15) is 0 Å². The van der Waals surface area contributed by atoms with E-state index in [0.29, 0.717) is 0 Å². The average Bonchev–Trinajstić information content (AvgIpc) is 3.26. The largest absolute Gasteiger partial charge is 0.310 e. The van der Waals surface area contributed by atoms with Crippen molar-refractivity contribution in [2.24, 2.45) is 0 Å². The van der Waals surface area contributed by atoms with Crippen molar-refractivity contribution in [1.29, 1.82) is 0 Å². The van der Waals surface area contributed by atoms with Gasteiger partial charge in [-0.05, 0) is 135 Å². The Balaban J connectivity index is 1.50. The van der Waals surface area contributed by atoms with Gasteiger partial charge in [-0.25, -0.2) is 0 Å².